The average molecular weight is 230 g/mol. The summed E-state index contributed by atoms with van der Waals surface area (Å²) in [7, 11) is 0. The van der Waals surface area contributed by atoms with E-state index in [0.29, 0.717) is 0 Å². The summed E-state index contributed by atoms with van der Waals surface area (Å²) in [6, 6.07) is 0. The molecule has 0 rings (SSSR count). The minimum atomic E-state index is -0.0977. The van der Waals surface area contributed by atoms with Crippen LogP contribution in [0.25, 0.3) is 0 Å². The lowest BCUT2D eigenvalue weighted by atomic mass is 10.0. The highest BCUT2D eigenvalue weighted by Crippen LogP contribution is 2.05. The Labute approximate surface area is 101 Å². The molecule has 4 nitrogen and oxygen atoms in total. The van der Waals surface area contributed by atoms with Crippen molar-refractivity contribution >= 4 is 0 Å². The quantitative estimate of drug-likeness (QED) is 0.546. The molecule has 0 atom stereocenters. The van der Waals surface area contributed by atoms with Gasteiger partial charge in [0.2, 0.25) is 0 Å². The summed E-state index contributed by atoms with van der Waals surface area (Å²) in [5, 5.41) is 2.21. The fourth-order valence-corrected chi connectivity index (χ4v) is 1.31. The molecule has 0 amide bonds. The number of hydrogen-bond acceptors (Lipinski definition) is 4. The molecule has 16 heavy (non-hydrogen) atoms. The van der Waals surface area contributed by atoms with Crippen LogP contribution in [0.3, 0.4) is 0 Å². The molecule has 0 aromatic rings. The van der Waals surface area contributed by atoms with Gasteiger partial charge in [0.05, 0.1) is 0 Å². The largest absolute Gasteiger partial charge is 0.326 e. The second-order valence-electron chi connectivity index (χ2n) is 5.96. The molecule has 0 bridgehead atoms. The van der Waals surface area contributed by atoms with Crippen molar-refractivity contribution in [3.8, 4) is 0 Å². The summed E-state index contributed by atoms with van der Waals surface area (Å²) in [6.07, 6.45) is 1.95. The van der Waals surface area contributed by atoms with Crippen molar-refractivity contribution in [2.45, 2.75) is 58.5 Å². The van der Waals surface area contributed by atoms with Crippen LogP contribution < -0.4 is 16.9 Å². The number of nitrogens with one attached hydrogen (secondary N) is 1. The summed E-state index contributed by atoms with van der Waals surface area (Å²) >= 11 is 0. The maximum Gasteiger partial charge on any atom is 0.0148 e. The van der Waals surface area contributed by atoms with Crippen molar-refractivity contribution in [3.63, 3.8) is 0 Å². The van der Waals surface area contributed by atoms with Crippen LogP contribution in [0, 0.1) is 0 Å². The van der Waals surface area contributed by atoms with Gasteiger partial charge >= 0.3 is 0 Å². The van der Waals surface area contributed by atoms with Gasteiger partial charge in [0.15, 0.2) is 0 Å². The molecule has 4 heteroatoms. The first kappa shape index (κ1) is 15.8. The number of rotatable bonds is 8. The summed E-state index contributed by atoms with van der Waals surface area (Å²) in [4.78, 5) is 0. The number of nitrogens with zero attached hydrogens (tertiary/aromatic N) is 1. The molecule has 5 N–H and O–H groups in total. The monoisotopic (exact) mass is 230 g/mol. The third kappa shape index (κ3) is 10.4. The van der Waals surface area contributed by atoms with Crippen LogP contribution in [0.5, 0.6) is 0 Å². The van der Waals surface area contributed by atoms with E-state index in [1.165, 1.54) is 0 Å². The van der Waals surface area contributed by atoms with Crippen molar-refractivity contribution in [1.82, 2.24) is 10.4 Å². The maximum absolute atomic E-state index is 5.96. The van der Waals surface area contributed by atoms with E-state index < -0.39 is 0 Å². The molecule has 0 aliphatic rings. The third-order valence-electron chi connectivity index (χ3n) is 2.51. The van der Waals surface area contributed by atoms with Gasteiger partial charge in [0.25, 0.3) is 0 Å². The fraction of sp³-hybridized carbons (Fsp3) is 1.00. The standard InChI is InChI=1S/C12H30N4/c1-6-16(10-8-12(4,5)14)15-9-7-11(2,3)13/h15H,6-10,13-14H2,1-5H3. The Bertz CT molecular complexity index is 178. The van der Waals surface area contributed by atoms with Crippen molar-refractivity contribution in [2.75, 3.05) is 19.6 Å². The molecular weight excluding hydrogens is 200 g/mol. The number of hydrazine groups is 1. The Morgan fingerprint density at radius 1 is 1.00 bits per heavy atom. The van der Waals surface area contributed by atoms with Crippen LogP contribution in [0.2, 0.25) is 0 Å². The highest BCUT2D eigenvalue weighted by Gasteiger charge is 2.14. The van der Waals surface area contributed by atoms with Gasteiger partial charge in [-0.05, 0) is 40.5 Å². The zero-order valence-corrected chi connectivity index (χ0v) is 11.6. The van der Waals surface area contributed by atoms with Gasteiger partial charge in [-0.3, -0.25) is 5.43 Å². The first-order valence-electron chi connectivity index (χ1n) is 6.20. The van der Waals surface area contributed by atoms with Gasteiger partial charge < -0.3 is 11.5 Å². The maximum atomic E-state index is 5.96. The molecule has 0 aromatic carbocycles. The van der Waals surface area contributed by atoms with E-state index in [9.17, 15) is 0 Å². The Morgan fingerprint density at radius 2 is 1.50 bits per heavy atom. The topological polar surface area (TPSA) is 67.3 Å². The summed E-state index contributed by atoms with van der Waals surface area (Å²) in [6.45, 7) is 13.2. The van der Waals surface area contributed by atoms with E-state index in [0.717, 1.165) is 32.5 Å². The molecule has 0 saturated carbocycles. The lowest BCUT2D eigenvalue weighted by molar-refractivity contribution is 0.175. The molecule has 0 spiro atoms. The summed E-state index contributed by atoms with van der Waals surface area (Å²) in [5.74, 6) is 0. The molecule has 0 aromatic heterocycles. The summed E-state index contributed by atoms with van der Waals surface area (Å²) in [5.41, 5.74) is 15.1. The molecule has 0 aliphatic heterocycles. The molecule has 0 heterocycles. The zero-order chi connectivity index (χ0) is 12.8. The fourth-order valence-electron chi connectivity index (χ4n) is 1.31. The molecule has 0 saturated heterocycles. The van der Waals surface area contributed by atoms with Crippen molar-refractivity contribution in [3.05, 3.63) is 0 Å². The normalized spacial score (nSPS) is 13.5. The lowest BCUT2D eigenvalue weighted by Crippen LogP contribution is -2.45. The molecule has 0 unspecified atom stereocenters. The molecule has 0 aliphatic carbocycles. The Hall–Kier alpha value is -0.160. The third-order valence-corrected chi connectivity index (χ3v) is 2.51. The van der Waals surface area contributed by atoms with Crippen LogP contribution in [-0.2, 0) is 0 Å². The minimum absolute atomic E-state index is 0.0950. The van der Waals surface area contributed by atoms with Crippen LogP contribution in [-0.4, -0.2) is 35.7 Å². The first-order valence-corrected chi connectivity index (χ1v) is 6.20. The molecular formula is C12H30N4. The van der Waals surface area contributed by atoms with Crippen LogP contribution in [0.1, 0.15) is 47.5 Å². The Morgan fingerprint density at radius 3 is 1.88 bits per heavy atom. The second-order valence-corrected chi connectivity index (χ2v) is 5.96. The van der Waals surface area contributed by atoms with Crippen molar-refractivity contribution < 1.29 is 0 Å². The lowest BCUT2D eigenvalue weighted by Gasteiger charge is -2.27. The second kappa shape index (κ2) is 6.55. The highest BCUT2D eigenvalue weighted by molar-refractivity contribution is 4.74. The van der Waals surface area contributed by atoms with E-state index in [4.69, 9.17) is 11.5 Å². The van der Waals surface area contributed by atoms with Gasteiger partial charge in [-0.25, -0.2) is 5.01 Å². The van der Waals surface area contributed by atoms with E-state index >= 15 is 0 Å². The van der Waals surface area contributed by atoms with Crippen molar-refractivity contribution in [1.29, 1.82) is 0 Å². The van der Waals surface area contributed by atoms with Gasteiger partial charge in [-0.15, -0.1) is 0 Å². The predicted molar refractivity (Wildman–Crippen MR) is 71.0 cm³/mol. The van der Waals surface area contributed by atoms with Gasteiger partial charge in [0, 0.05) is 30.7 Å². The Balaban J connectivity index is 3.76. The van der Waals surface area contributed by atoms with Crippen LogP contribution >= 0.6 is 0 Å². The van der Waals surface area contributed by atoms with Crippen molar-refractivity contribution in [2.24, 2.45) is 11.5 Å². The molecule has 98 valence electrons. The van der Waals surface area contributed by atoms with Crippen LogP contribution in [0.4, 0.5) is 0 Å². The Kier molecular flexibility index (Phi) is 6.48. The molecule has 0 radical (unpaired) electrons. The van der Waals surface area contributed by atoms with E-state index in [1.54, 1.807) is 0 Å². The number of hydrogen-bond donors (Lipinski definition) is 3. The summed E-state index contributed by atoms with van der Waals surface area (Å²) < 4.78 is 0. The van der Waals surface area contributed by atoms with E-state index in [1.807, 2.05) is 13.8 Å². The molecule has 0 fully saturated rings. The number of nitrogens with two attached hydrogens (primary N) is 2. The highest BCUT2D eigenvalue weighted by atomic mass is 15.5. The first-order chi connectivity index (χ1) is 7.14. The predicted octanol–water partition coefficient (Wildman–Crippen LogP) is 1.07. The van der Waals surface area contributed by atoms with E-state index in [-0.39, 0.29) is 11.1 Å². The van der Waals surface area contributed by atoms with Gasteiger partial charge in [-0.1, -0.05) is 6.92 Å². The van der Waals surface area contributed by atoms with Gasteiger partial charge in [-0.2, -0.15) is 0 Å². The van der Waals surface area contributed by atoms with Gasteiger partial charge in [0.1, 0.15) is 0 Å². The average Bonchev–Trinajstić information content (AvgIpc) is 2.07. The van der Waals surface area contributed by atoms with Crippen LogP contribution in [0.15, 0.2) is 0 Å². The zero-order valence-electron chi connectivity index (χ0n) is 11.6. The SMILES string of the molecule is CCN(CCC(C)(C)N)NCCC(C)(C)N. The van der Waals surface area contributed by atoms with E-state index in [2.05, 4.69) is 31.2 Å². The smallest absolute Gasteiger partial charge is 0.0148 e. The minimum Gasteiger partial charge on any atom is -0.326 e.